The van der Waals surface area contributed by atoms with Crippen LogP contribution >= 0.6 is 0 Å². The van der Waals surface area contributed by atoms with Crippen molar-refractivity contribution in [3.05, 3.63) is 12.2 Å². The molecular weight excluding hydrogens is 248 g/mol. The lowest BCUT2D eigenvalue weighted by Crippen LogP contribution is -2.15. The number of aryl methyl sites for hydroxylation is 1. The predicted octanol–water partition coefficient (Wildman–Crippen LogP) is 0.223. The van der Waals surface area contributed by atoms with Gasteiger partial charge in [0, 0.05) is 14.1 Å². The lowest BCUT2D eigenvalue weighted by atomic mass is 10.3. The van der Waals surface area contributed by atoms with Crippen LogP contribution in [0.15, 0.2) is 6.33 Å². The van der Waals surface area contributed by atoms with E-state index in [-0.39, 0.29) is 12.1 Å². The molecule has 0 saturated carbocycles. The van der Waals surface area contributed by atoms with Crippen LogP contribution in [-0.4, -0.2) is 43.9 Å². The van der Waals surface area contributed by atoms with Gasteiger partial charge in [0.15, 0.2) is 5.82 Å². The fourth-order valence-corrected chi connectivity index (χ4v) is 1.57. The molecule has 0 bridgehead atoms. The first-order valence-electron chi connectivity index (χ1n) is 5.72. The molecule has 0 aliphatic heterocycles. The third-order valence-corrected chi connectivity index (χ3v) is 2.50. The van der Waals surface area contributed by atoms with Crippen LogP contribution in [0.5, 0.6) is 6.01 Å². The van der Waals surface area contributed by atoms with Gasteiger partial charge < -0.3 is 19.9 Å². The van der Waals surface area contributed by atoms with E-state index in [1.54, 1.807) is 13.4 Å². The van der Waals surface area contributed by atoms with Gasteiger partial charge in [-0.05, 0) is 6.92 Å². The summed E-state index contributed by atoms with van der Waals surface area (Å²) in [5, 5.41) is 13.8. The third kappa shape index (κ3) is 2.87. The highest BCUT2D eigenvalue weighted by atomic mass is 16.5. The molecule has 2 rings (SSSR count). The van der Waals surface area contributed by atoms with E-state index in [9.17, 15) is 0 Å². The standard InChI is InChI=1S/C10H16N8O/c1-6(7-17-12-5-18(7)3)13-9-14-8(11-2)15-10(16-9)19-4/h5-6H,1-4H3,(H2,11,13,14,15,16). The first-order valence-corrected chi connectivity index (χ1v) is 5.72. The van der Waals surface area contributed by atoms with E-state index in [0.29, 0.717) is 11.9 Å². The lowest BCUT2D eigenvalue weighted by Gasteiger charge is -2.13. The second-order valence-electron chi connectivity index (χ2n) is 3.89. The molecule has 9 heteroatoms. The van der Waals surface area contributed by atoms with E-state index in [2.05, 4.69) is 35.8 Å². The minimum Gasteiger partial charge on any atom is -0.467 e. The normalized spacial score (nSPS) is 12.0. The molecule has 0 amide bonds. The Morgan fingerprint density at radius 1 is 1.26 bits per heavy atom. The second-order valence-corrected chi connectivity index (χ2v) is 3.89. The molecular formula is C10H16N8O. The average molecular weight is 264 g/mol. The van der Waals surface area contributed by atoms with Crippen LogP contribution in [0.3, 0.4) is 0 Å². The summed E-state index contributed by atoms with van der Waals surface area (Å²) in [5.41, 5.74) is 0. The van der Waals surface area contributed by atoms with Gasteiger partial charge in [0.05, 0.1) is 13.2 Å². The van der Waals surface area contributed by atoms with Crippen LogP contribution in [0.2, 0.25) is 0 Å². The number of nitrogens with zero attached hydrogens (tertiary/aromatic N) is 6. The van der Waals surface area contributed by atoms with E-state index >= 15 is 0 Å². The monoisotopic (exact) mass is 264 g/mol. The number of hydrogen-bond donors (Lipinski definition) is 2. The third-order valence-electron chi connectivity index (χ3n) is 2.50. The Balaban J connectivity index is 2.21. The minimum atomic E-state index is -0.0932. The van der Waals surface area contributed by atoms with Crippen molar-refractivity contribution in [1.29, 1.82) is 0 Å². The van der Waals surface area contributed by atoms with Crippen LogP contribution in [0.25, 0.3) is 0 Å². The van der Waals surface area contributed by atoms with E-state index in [0.717, 1.165) is 5.82 Å². The Bertz CT molecular complexity index is 532. The number of rotatable bonds is 5. The molecule has 0 saturated heterocycles. The van der Waals surface area contributed by atoms with Gasteiger partial charge in [0.1, 0.15) is 6.33 Å². The Morgan fingerprint density at radius 2 is 2.00 bits per heavy atom. The van der Waals surface area contributed by atoms with Gasteiger partial charge in [0.2, 0.25) is 11.9 Å². The highest BCUT2D eigenvalue weighted by Crippen LogP contribution is 2.16. The number of nitrogens with one attached hydrogen (secondary N) is 2. The molecule has 1 atom stereocenters. The number of ether oxygens (including phenoxy) is 1. The van der Waals surface area contributed by atoms with Gasteiger partial charge in [-0.3, -0.25) is 0 Å². The van der Waals surface area contributed by atoms with Crippen molar-refractivity contribution < 1.29 is 4.74 Å². The van der Waals surface area contributed by atoms with Gasteiger partial charge >= 0.3 is 6.01 Å². The van der Waals surface area contributed by atoms with Crippen LogP contribution in [0.4, 0.5) is 11.9 Å². The smallest absolute Gasteiger partial charge is 0.322 e. The first-order chi connectivity index (χ1) is 9.13. The Labute approximate surface area is 110 Å². The maximum Gasteiger partial charge on any atom is 0.322 e. The summed E-state index contributed by atoms with van der Waals surface area (Å²) in [7, 11) is 5.11. The van der Waals surface area contributed by atoms with Crippen molar-refractivity contribution in [2.24, 2.45) is 7.05 Å². The van der Waals surface area contributed by atoms with Gasteiger partial charge in [-0.2, -0.15) is 15.0 Å². The summed E-state index contributed by atoms with van der Waals surface area (Å²) in [6.45, 7) is 1.94. The van der Waals surface area contributed by atoms with E-state index < -0.39 is 0 Å². The number of aromatic nitrogens is 6. The van der Waals surface area contributed by atoms with Crippen LogP contribution in [-0.2, 0) is 7.05 Å². The maximum absolute atomic E-state index is 5.02. The maximum atomic E-state index is 5.02. The minimum absolute atomic E-state index is 0.0932. The van der Waals surface area contributed by atoms with E-state index in [1.807, 2.05) is 18.5 Å². The molecule has 9 nitrogen and oxygen atoms in total. The van der Waals surface area contributed by atoms with Crippen LogP contribution < -0.4 is 15.4 Å². The number of hydrogen-bond acceptors (Lipinski definition) is 8. The Kier molecular flexibility index (Phi) is 3.74. The van der Waals surface area contributed by atoms with Crippen molar-refractivity contribution in [2.75, 3.05) is 24.8 Å². The highest BCUT2D eigenvalue weighted by Gasteiger charge is 2.14. The fraction of sp³-hybridized carbons (Fsp3) is 0.500. The zero-order valence-electron chi connectivity index (χ0n) is 11.2. The largest absolute Gasteiger partial charge is 0.467 e. The molecule has 0 radical (unpaired) electrons. The molecule has 19 heavy (non-hydrogen) atoms. The molecule has 102 valence electrons. The number of methoxy groups -OCH3 is 1. The molecule has 2 aromatic rings. The molecule has 2 aromatic heterocycles. The summed E-state index contributed by atoms with van der Waals surface area (Å²) < 4.78 is 6.85. The van der Waals surface area contributed by atoms with E-state index in [4.69, 9.17) is 4.74 Å². The molecule has 0 aliphatic rings. The zero-order valence-corrected chi connectivity index (χ0v) is 11.2. The van der Waals surface area contributed by atoms with Gasteiger partial charge in [-0.15, -0.1) is 10.2 Å². The summed E-state index contributed by atoms with van der Waals surface area (Å²) in [4.78, 5) is 12.4. The zero-order chi connectivity index (χ0) is 13.8. The van der Waals surface area contributed by atoms with Crippen molar-refractivity contribution >= 4 is 11.9 Å². The van der Waals surface area contributed by atoms with Gasteiger partial charge in [0.25, 0.3) is 0 Å². The Hall–Kier alpha value is -2.45. The van der Waals surface area contributed by atoms with Crippen molar-refractivity contribution in [3.8, 4) is 6.01 Å². The highest BCUT2D eigenvalue weighted by molar-refractivity contribution is 5.36. The average Bonchev–Trinajstić information content (AvgIpc) is 2.84. The number of anilines is 2. The molecule has 1 unspecified atom stereocenters. The van der Waals surface area contributed by atoms with Crippen LogP contribution in [0, 0.1) is 0 Å². The molecule has 0 aromatic carbocycles. The lowest BCUT2D eigenvalue weighted by molar-refractivity contribution is 0.379. The summed E-state index contributed by atoms with van der Waals surface area (Å²) in [5.74, 6) is 1.62. The first kappa shape index (κ1) is 13.0. The molecule has 2 N–H and O–H groups in total. The predicted molar refractivity (Wildman–Crippen MR) is 69.0 cm³/mol. The van der Waals surface area contributed by atoms with Crippen LogP contribution in [0.1, 0.15) is 18.8 Å². The fourth-order valence-electron chi connectivity index (χ4n) is 1.57. The van der Waals surface area contributed by atoms with Gasteiger partial charge in [-0.25, -0.2) is 0 Å². The van der Waals surface area contributed by atoms with Crippen molar-refractivity contribution in [3.63, 3.8) is 0 Å². The summed E-state index contributed by atoms with van der Waals surface area (Å²) in [6.07, 6.45) is 1.64. The SMILES string of the molecule is CNc1nc(NC(C)c2nncn2C)nc(OC)n1. The van der Waals surface area contributed by atoms with Crippen molar-refractivity contribution in [1.82, 2.24) is 29.7 Å². The van der Waals surface area contributed by atoms with Gasteiger partial charge in [-0.1, -0.05) is 0 Å². The molecule has 0 aliphatic carbocycles. The Morgan fingerprint density at radius 3 is 2.58 bits per heavy atom. The summed E-state index contributed by atoms with van der Waals surface area (Å²) >= 11 is 0. The molecule has 0 spiro atoms. The van der Waals surface area contributed by atoms with Crippen molar-refractivity contribution in [2.45, 2.75) is 13.0 Å². The second kappa shape index (κ2) is 5.46. The van der Waals surface area contributed by atoms with E-state index in [1.165, 1.54) is 7.11 Å². The molecule has 0 fully saturated rings. The molecule has 2 heterocycles. The topological polar surface area (TPSA) is 103 Å². The summed E-state index contributed by atoms with van der Waals surface area (Å²) in [6, 6.07) is 0.149. The quantitative estimate of drug-likeness (QED) is 0.790.